The van der Waals surface area contributed by atoms with Gasteiger partial charge in [-0.1, -0.05) is 17.7 Å². The van der Waals surface area contributed by atoms with E-state index in [1.807, 2.05) is 0 Å². The smallest absolute Gasteiger partial charge is 0.304 e. The van der Waals surface area contributed by atoms with E-state index in [-0.39, 0.29) is 11.8 Å². The minimum absolute atomic E-state index is 0.196. The summed E-state index contributed by atoms with van der Waals surface area (Å²) in [6.07, 6.45) is 1.79. The largest absolute Gasteiger partial charge is 0.481 e. The molecule has 1 aromatic rings. The topological polar surface area (TPSA) is 46.5 Å². The molecular formula is C16H22O3. The molecule has 0 radical (unpaired) electrons. The van der Waals surface area contributed by atoms with Gasteiger partial charge in [-0.3, -0.25) is 4.79 Å². The van der Waals surface area contributed by atoms with Crippen molar-refractivity contribution in [2.75, 3.05) is 13.2 Å². The summed E-state index contributed by atoms with van der Waals surface area (Å²) in [5, 5.41) is 9.29. The molecule has 0 amide bonds. The lowest BCUT2D eigenvalue weighted by molar-refractivity contribution is -0.139. The van der Waals surface area contributed by atoms with Crippen LogP contribution < -0.4 is 0 Å². The number of rotatable bonds is 3. The van der Waals surface area contributed by atoms with E-state index in [1.54, 1.807) is 0 Å². The normalized spacial score (nSPS) is 18.3. The standard InChI is InChI=1S/C16H22O3/c1-11-8-12(2)15(13(3)9-11)16(10-14(17)18)4-6-19-7-5-16/h8-9H,4-7,10H2,1-3H3,(H,17,18). The monoisotopic (exact) mass is 262 g/mol. The first-order chi connectivity index (χ1) is 8.94. The van der Waals surface area contributed by atoms with Crippen molar-refractivity contribution in [3.8, 4) is 0 Å². The summed E-state index contributed by atoms with van der Waals surface area (Å²) in [6.45, 7) is 7.57. The van der Waals surface area contributed by atoms with Gasteiger partial charge in [0.15, 0.2) is 0 Å². The molecule has 0 bridgehead atoms. The van der Waals surface area contributed by atoms with Gasteiger partial charge in [-0.15, -0.1) is 0 Å². The molecule has 0 unspecified atom stereocenters. The maximum absolute atomic E-state index is 11.3. The Morgan fingerprint density at radius 2 is 1.74 bits per heavy atom. The lowest BCUT2D eigenvalue weighted by Crippen LogP contribution is -2.37. The van der Waals surface area contributed by atoms with Gasteiger partial charge in [-0.2, -0.15) is 0 Å². The van der Waals surface area contributed by atoms with Crippen molar-refractivity contribution in [3.63, 3.8) is 0 Å². The lowest BCUT2D eigenvalue weighted by Gasteiger charge is -2.39. The summed E-state index contributed by atoms with van der Waals surface area (Å²) < 4.78 is 5.44. The van der Waals surface area contributed by atoms with Gasteiger partial charge in [0.25, 0.3) is 0 Å². The second kappa shape index (κ2) is 5.33. The van der Waals surface area contributed by atoms with Gasteiger partial charge in [0.1, 0.15) is 0 Å². The van der Waals surface area contributed by atoms with Crippen LogP contribution in [0, 0.1) is 20.8 Å². The molecule has 19 heavy (non-hydrogen) atoms. The third-order valence-corrected chi connectivity index (χ3v) is 4.15. The van der Waals surface area contributed by atoms with Crippen LogP contribution in [0.5, 0.6) is 0 Å². The summed E-state index contributed by atoms with van der Waals surface area (Å²) in [4.78, 5) is 11.3. The number of hydrogen-bond donors (Lipinski definition) is 1. The molecule has 1 heterocycles. The van der Waals surface area contributed by atoms with E-state index >= 15 is 0 Å². The first-order valence-corrected chi connectivity index (χ1v) is 6.82. The molecule has 0 saturated carbocycles. The van der Waals surface area contributed by atoms with Crippen molar-refractivity contribution >= 4 is 5.97 Å². The number of carbonyl (C=O) groups is 1. The van der Waals surface area contributed by atoms with Crippen molar-refractivity contribution in [2.45, 2.75) is 45.4 Å². The average Bonchev–Trinajstić information content (AvgIpc) is 2.27. The van der Waals surface area contributed by atoms with Crippen molar-refractivity contribution in [2.24, 2.45) is 0 Å². The highest BCUT2D eigenvalue weighted by Gasteiger charge is 2.38. The Hall–Kier alpha value is -1.35. The molecule has 1 fully saturated rings. The Bertz CT molecular complexity index is 462. The Balaban J connectivity index is 2.52. The van der Waals surface area contributed by atoms with Gasteiger partial charge in [0.05, 0.1) is 6.42 Å². The van der Waals surface area contributed by atoms with Crippen LogP contribution in [0.2, 0.25) is 0 Å². The fraction of sp³-hybridized carbons (Fsp3) is 0.562. The molecule has 1 aliphatic rings. The van der Waals surface area contributed by atoms with Crippen LogP contribution in [0.15, 0.2) is 12.1 Å². The number of benzene rings is 1. The van der Waals surface area contributed by atoms with Crippen LogP contribution in [-0.4, -0.2) is 24.3 Å². The maximum Gasteiger partial charge on any atom is 0.304 e. The van der Waals surface area contributed by atoms with E-state index in [1.165, 1.54) is 22.3 Å². The first-order valence-electron chi connectivity index (χ1n) is 6.82. The molecular weight excluding hydrogens is 240 g/mol. The second-order valence-corrected chi connectivity index (χ2v) is 5.74. The second-order valence-electron chi connectivity index (χ2n) is 5.74. The van der Waals surface area contributed by atoms with E-state index < -0.39 is 5.97 Å². The third kappa shape index (κ3) is 2.81. The zero-order valence-electron chi connectivity index (χ0n) is 12.0. The van der Waals surface area contributed by atoms with E-state index in [0.29, 0.717) is 13.2 Å². The summed E-state index contributed by atoms with van der Waals surface area (Å²) in [7, 11) is 0. The minimum Gasteiger partial charge on any atom is -0.481 e. The molecule has 0 atom stereocenters. The van der Waals surface area contributed by atoms with Gasteiger partial charge in [0, 0.05) is 18.6 Å². The van der Waals surface area contributed by atoms with E-state index in [0.717, 1.165) is 12.8 Å². The summed E-state index contributed by atoms with van der Waals surface area (Å²) in [5.41, 5.74) is 4.62. The maximum atomic E-state index is 11.3. The van der Waals surface area contributed by atoms with Crippen LogP contribution >= 0.6 is 0 Å². The van der Waals surface area contributed by atoms with Gasteiger partial charge in [0.2, 0.25) is 0 Å². The molecule has 0 aliphatic carbocycles. The Labute approximate surface area is 114 Å². The van der Waals surface area contributed by atoms with Crippen LogP contribution in [0.25, 0.3) is 0 Å². The van der Waals surface area contributed by atoms with Gasteiger partial charge in [-0.05, 0) is 50.3 Å². The highest BCUT2D eigenvalue weighted by atomic mass is 16.5. The molecule has 3 heteroatoms. The van der Waals surface area contributed by atoms with Crippen LogP contribution in [0.3, 0.4) is 0 Å². The van der Waals surface area contributed by atoms with E-state index in [2.05, 4.69) is 32.9 Å². The molecule has 1 N–H and O–H groups in total. The van der Waals surface area contributed by atoms with Crippen molar-refractivity contribution < 1.29 is 14.6 Å². The fourth-order valence-corrected chi connectivity index (χ4v) is 3.58. The van der Waals surface area contributed by atoms with Gasteiger partial charge < -0.3 is 9.84 Å². The first kappa shape index (κ1) is 14.1. The lowest BCUT2D eigenvalue weighted by atomic mass is 9.68. The van der Waals surface area contributed by atoms with Crippen molar-refractivity contribution in [1.82, 2.24) is 0 Å². The Kier molecular flexibility index (Phi) is 3.95. The SMILES string of the molecule is Cc1cc(C)c(C2(CC(=O)O)CCOCC2)c(C)c1. The average molecular weight is 262 g/mol. The molecule has 0 spiro atoms. The molecule has 104 valence electrons. The van der Waals surface area contributed by atoms with Crippen LogP contribution in [-0.2, 0) is 14.9 Å². The van der Waals surface area contributed by atoms with E-state index in [4.69, 9.17) is 4.74 Å². The van der Waals surface area contributed by atoms with Gasteiger partial charge in [-0.25, -0.2) is 0 Å². The molecule has 1 aromatic carbocycles. The predicted molar refractivity (Wildman–Crippen MR) is 74.6 cm³/mol. The highest BCUT2D eigenvalue weighted by molar-refractivity contribution is 5.69. The highest BCUT2D eigenvalue weighted by Crippen LogP contribution is 2.41. The molecule has 0 aromatic heterocycles. The molecule has 1 saturated heterocycles. The summed E-state index contributed by atoms with van der Waals surface area (Å²) in [6, 6.07) is 4.31. The number of carboxylic acids is 1. The zero-order chi connectivity index (χ0) is 14.0. The summed E-state index contributed by atoms with van der Waals surface area (Å²) >= 11 is 0. The molecule has 2 rings (SSSR count). The Morgan fingerprint density at radius 3 is 2.21 bits per heavy atom. The predicted octanol–water partition coefficient (Wildman–Crippen LogP) is 3.13. The quantitative estimate of drug-likeness (QED) is 0.910. The minimum atomic E-state index is -0.721. The summed E-state index contributed by atoms with van der Waals surface area (Å²) in [5.74, 6) is -0.721. The number of hydrogen-bond acceptors (Lipinski definition) is 2. The number of carboxylic acid groups (broad SMARTS) is 1. The number of aliphatic carboxylic acids is 1. The van der Waals surface area contributed by atoms with Crippen LogP contribution in [0.1, 0.15) is 41.5 Å². The number of ether oxygens (including phenoxy) is 1. The Morgan fingerprint density at radius 1 is 1.21 bits per heavy atom. The third-order valence-electron chi connectivity index (χ3n) is 4.15. The zero-order valence-corrected chi connectivity index (χ0v) is 12.0. The van der Waals surface area contributed by atoms with Crippen molar-refractivity contribution in [1.29, 1.82) is 0 Å². The fourth-order valence-electron chi connectivity index (χ4n) is 3.58. The van der Waals surface area contributed by atoms with Crippen molar-refractivity contribution in [3.05, 3.63) is 34.4 Å². The van der Waals surface area contributed by atoms with Crippen LogP contribution in [0.4, 0.5) is 0 Å². The van der Waals surface area contributed by atoms with E-state index in [9.17, 15) is 9.90 Å². The van der Waals surface area contributed by atoms with Gasteiger partial charge >= 0.3 is 5.97 Å². The molecule has 3 nitrogen and oxygen atoms in total. The number of aryl methyl sites for hydroxylation is 3. The molecule has 1 aliphatic heterocycles.